The highest BCUT2D eigenvalue weighted by Gasteiger charge is 2.21. The number of carbonyl (C=O) groups is 2. The Hall–Kier alpha value is -2.67. The molecule has 1 aromatic heterocycles. The van der Waals surface area contributed by atoms with Crippen molar-refractivity contribution in [2.45, 2.75) is 32.2 Å². The minimum Gasteiger partial charge on any atom is -0.340 e. The van der Waals surface area contributed by atoms with Crippen molar-refractivity contribution in [2.24, 2.45) is 12.8 Å². The van der Waals surface area contributed by atoms with Gasteiger partial charge in [0.1, 0.15) is 0 Å². The fourth-order valence-corrected chi connectivity index (χ4v) is 3.20. The molecule has 0 unspecified atom stereocenters. The third-order valence-electron chi connectivity index (χ3n) is 4.64. The lowest BCUT2D eigenvalue weighted by atomic mass is 10.1. The molecule has 1 aliphatic heterocycles. The Labute approximate surface area is 153 Å². The molecule has 2 aromatic rings. The molecular weight excluding hydrogens is 330 g/mol. The SMILES string of the molecule is Cc1cc(NC(=O)[C@H](N)Cc2cn(C)cn2)ccc1C(=O)N1CCCC1. The molecule has 0 saturated carbocycles. The van der Waals surface area contributed by atoms with E-state index in [9.17, 15) is 9.59 Å². The maximum absolute atomic E-state index is 12.5. The van der Waals surface area contributed by atoms with Crippen molar-refractivity contribution >= 4 is 17.5 Å². The fraction of sp³-hybridized carbons (Fsp3) is 0.421. The lowest BCUT2D eigenvalue weighted by Gasteiger charge is -2.17. The molecule has 3 N–H and O–H groups in total. The predicted molar refractivity (Wildman–Crippen MR) is 99.8 cm³/mol. The number of aryl methyl sites for hydroxylation is 2. The van der Waals surface area contributed by atoms with Crippen LogP contribution in [-0.2, 0) is 18.3 Å². The molecule has 7 heteroatoms. The zero-order valence-corrected chi connectivity index (χ0v) is 15.2. The number of carbonyl (C=O) groups excluding carboxylic acids is 2. The second-order valence-corrected chi connectivity index (χ2v) is 6.86. The Bertz CT molecular complexity index is 808. The summed E-state index contributed by atoms with van der Waals surface area (Å²) in [6.07, 6.45) is 6.02. The second kappa shape index (κ2) is 7.70. The van der Waals surface area contributed by atoms with Crippen LogP contribution < -0.4 is 11.1 Å². The van der Waals surface area contributed by atoms with Crippen LogP contribution in [0.4, 0.5) is 5.69 Å². The molecule has 1 aliphatic rings. The van der Waals surface area contributed by atoms with E-state index < -0.39 is 6.04 Å². The molecule has 1 atom stereocenters. The van der Waals surface area contributed by atoms with E-state index in [1.54, 1.807) is 18.5 Å². The number of aromatic nitrogens is 2. The van der Waals surface area contributed by atoms with Crippen LogP contribution in [0.3, 0.4) is 0 Å². The summed E-state index contributed by atoms with van der Waals surface area (Å²) in [5.74, 6) is -0.210. The van der Waals surface area contributed by atoms with E-state index in [2.05, 4.69) is 10.3 Å². The van der Waals surface area contributed by atoms with Crippen LogP contribution in [0.2, 0.25) is 0 Å². The zero-order chi connectivity index (χ0) is 18.7. The molecule has 3 rings (SSSR count). The van der Waals surface area contributed by atoms with Gasteiger partial charge < -0.3 is 20.5 Å². The lowest BCUT2D eigenvalue weighted by molar-refractivity contribution is -0.117. The Kier molecular flexibility index (Phi) is 5.37. The molecule has 0 aliphatic carbocycles. The molecule has 7 nitrogen and oxygen atoms in total. The lowest BCUT2D eigenvalue weighted by Crippen LogP contribution is -2.37. The van der Waals surface area contributed by atoms with Crippen LogP contribution in [0.5, 0.6) is 0 Å². The van der Waals surface area contributed by atoms with Gasteiger partial charge in [0.2, 0.25) is 5.91 Å². The summed E-state index contributed by atoms with van der Waals surface area (Å²) in [7, 11) is 1.87. The zero-order valence-electron chi connectivity index (χ0n) is 15.2. The Balaban J connectivity index is 1.63. The normalized spacial score (nSPS) is 15.1. The number of likely N-dealkylation sites (tertiary alicyclic amines) is 1. The Morgan fingerprint density at radius 2 is 2.04 bits per heavy atom. The standard InChI is InChI=1S/C19H25N5O2/c1-13-9-14(5-6-16(13)19(26)24-7-3-4-8-24)22-18(25)17(20)10-15-11-23(2)12-21-15/h5-6,9,11-12,17H,3-4,7-8,10,20H2,1-2H3,(H,22,25)/t17-/m1/s1. The number of hydrogen-bond donors (Lipinski definition) is 2. The number of rotatable bonds is 5. The summed E-state index contributed by atoms with van der Waals surface area (Å²) in [4.78, 5) is 30.9. The molecule has 26 heavy (non-hydrogen) atoms. The summed E-state index contributed by atoms with van der Waals surface area (Å²) in [5.41, 5.74) is 8.93. The van der Waals surface area contributed by atoms with E-state index in [0.29, 0.717) is 17.7 Å². The number of nitrogens with one attached hydrogen (secondary N) is 1. The molecule has 2 amide bonds. The van der Waals surface area contributed by atoms with Crippen molar-refractivity contribution in [3.05, 3.63) is 47.5 Å². The Morgan fingerprint density at radius 1 is 1.31 bits per heavy atom. The number of hydrogen-bond acceptors (Lipinski definition) is 4. The Morgan fingerprint density at radius 3 is 2.65 bits per heavy atom. The van der Waals surface area contributed by atoms with Gasteiger partial charge in [-0.15, -0.1) is 0 Å². The molecule has 1 fully saturated rings. The first kappa shape index (κ1) is 18.1. The number of nitrogens with zero attached hydrogens (tertiary/aromatic N) is 3. The van der Waals surface area contributed by atoms with Crippen LogP contribution >= 0.6 is 0 Å². The fourth-order valence-electron chi connectivity index (χ4n) is 3.20. The third-order valence-corrected chi connectivity index (χ3v) is 4.64. The summed E-state index contributed by atoms with van der Waals surface area (Å²) < 4.78 is 1.82. The van der Waals surface area contributed by atoms with Crippen LogP contribution in [0, 0.1) is 6.92 Å². The minimum atomic E-state index is -0.684. The van der Waals surface area contributed by atoms with Crippen molar-refractivity contribution in [3.8, 4) is 0 Å². The molecule has 0 spiro atoms. The van der Waals surface area contributed by atoms with Gasteiger partial charge in [-0.05, 0) is 43.5 Å². The van der Waals surface area contributed by atoms with E-state index >= 15 is 0 Å². The van der Waals surface area contributed by atoms with Gasteiger partial charge in [0.05, 0.1) is 18.1 Å². The summed E-state index contributed by atoms with van der Waals surface area (Å²) in [6, 6.07) is 4.66. The van der Waals surface area contributed by atoms with Gasteiger partial charge in [0.25, 0.3) is 5.91 Å². The van der Waals surface area contributed by atoms with E-state index in [-0.39, 0.29) is 11.8 Å². The first-order valence-electron chi connectivity index (χ1n) is 8.87. The number of anilines is 1. The monoisotopic (exact) mass is 355 g/mol. The molecule has 138 valence electrons. The number of imidazole rings is 1. The van der Waals surface area contributed by atoms with Gasteiger partial charge in [0, 0.05) is 44.0 Å². The minimum absolute atomic E-state index is 0.0599. The highest BCUT2D eigenvalue weighted by Crippen LogP contribution is 2.19. The first-order valence-corrected chi connectivity index (χ1v) is 8.87. The summed E-state index contributed by atoms with van der Waals surface area (Å²) >= 11 is 0. The van der Waals surface area contributed by atoms with Crippen LogP contribution in [0.15, 0.2) is 30.7 Å². The van der Waals surface area contributed by atoms with Crippen molar-refractivity contribution in [1.29, 1.82) is 0 Å². The van der Waals surface area contributed by atoms with E-state index in [1.165, 1.54) is 0 Å². The van der Waals surface area contributed by atoms with Crippen LogP contribution in [0.1, 0.15) is 34.5 Å². The van der Waals surface area contributed by atoms with Gasteiger partial charge in [0.15, 0.2) is 0 Å². The average molecular weight is 355 g/mol. The first-order chi connectivity index (χ1) is 12.4. The van der Waals surface area contributed by atoms with Gasteiger partial charge in [-0.25, -0.2) is 4.98 Å². The maximum atomic E-state index is 12.5. The van der Waals surface area contributed by atoms with Crippen molar-refractivity contribution < 1.29 is 9.59 Å². The maximum Gasteiger partial charge on any atom is 0.254 e. The molecule has 0 radical (unpaired) electrons. The smallest absolute Gasteiger partial charge is 0.254 e. The van der Waals surface area contributed by atoms with Gasteiger partial charge >= 0.3 is 0 Å². The molecular formula is C19H25N5O2. The molecule has 1 aromatic carbocycles. The van der Waals surface area contributed by atoms with E-state index in [1.807, 2.05) is 35.7 Å². The van der Waals surface area contributed by atoms with E-state index in [0.717, 1.165) is 37.2 Å². The highest BCUT2D eigenvalue weighted by atomic mass is 16.2. The van der Waals surface area contributed by atoms with Crippen molar-refractivity contribution in [1.82, 2.24) is 14.5 Å². The van der Waals surface area contributed by atoms with Crippen LogP contribution in [-0.4, -0.2) is 45.4 Å². The third kappa shape index (κ3) is 4.11. The summed E-state index contributed by atoms with van der Waals surface area (Å²) in [5, 5.41) is 2.82. The summed E-state index contributed by atoms with van der Waals surface area (Å²) in [6.45, 7) is 3.52. The number of benzene rings is 1. The van der Waals surface area contributed by atoms with E-state index in [4.69, 9.17) is 5.73 Å². The van der Waals surface area contributed by atoms with Gasteiger partial charge in [-0.1, -0.05) is 0 Å². The highest BCUT2D eigenvalue weighted by molar-refractivity contribution is 5.98. The largest absolute Gasteiger partial charge is 0.340 e. The van der Waals surface area contributed by atoms with Crippen LogP contribution in [0.25, 0.3) is 0 Å². The average Bonchev–Trinajstić information content (AvgIpc) is 3.26. The second-order valence-electron chi connectivity index (χ2n) is 6.86. The van der Waals surface area contributed by atoms with Crippen molar-refractivity contribution in [2.75, 3.05) is 18.4 Å². The van der Waals surface area contributed by atoms with Crippen molar-refractivity contribution in [3.63, 3.8) is 0 Å². The predicted octanol–water partition coefficient (Wildman–Crippen LogP) is 1.47. The molecule has 0 bridgehead atoms. The topological polar surface area (TPSA) is 93.2 Å². The van der Waals surface area contributed by atoms with Gasteiger partial charge in [-0.3, -0.25) is 9.59 Å². The quantitative estimate of drug-likeness (QED) is 0.849. The molecule has 2 heterocycles. The van der Waals surface area contributed by atoms with Gasteiger partial charge in [-0.2, -0.15) is 0 Å². The number of nitrogens with two attached hydrogens (primary N) is 1. The number of amides is 2. The molecule has 1 saturated heterocycles.